The van der Waals surface area contributed by atoms with Gasteiger partial charge in [-0.1, -0.05) is 0 Å². The number of hydrogen-bond donors (Lipinski definition) is 1. The fourth-order valence-corrected chi connectivity index (χ4v) is 2.25. The van der Waals surface area contributed by atoms with Gasteiger partial charge in [-0.05, 0) is 38.5 Å². The molecule has 76 valence electrons. The van der Waals surface area contributed by atoms with E-state index in [9.17, 15) is 5.11 Å². The molecule has 0 bridgehead atoms. The number of rotatable bonds is 1. The number of hydroxylamine groups is 2. The van der Waals surface area contributed by atoms with E-state index in [1.807, 2.05) is 0 Å². The van der Waals surface area contributed by atoms with Crippen LogP contribution in [0.2, 0.25) is 0 Å². The molecule has 0 unspecified atom stereocenters. The molecule has 0 amide bonds. The van der Waals surface area contributed by atoms with Gasteiger partial charge in [0.05, 0.1) is 12.7 Å². The average Bonchev–Trinajstić information content (AvgIpc) is 2.20. The van der Waals surface area contributed by atoms with Crippen LogP contribution in [0.5, 0.6) is 0 Å². The molecule has 0 aromatic heterocycles. The second-order valence-corrected chi connectivity index (χ2v) is 4.14. The van der Waals surface area contributed by atoms with Crippen LogP contribution in [0.3, 0.4) is 0 Å². The molecule has 1 heterocycles. The van der Waals surface area contributed by atoms with Gasteiger partial charge >= 0.3 is 0 Å². The average molecular weight is 185 g/mol. The predicted molar refractivity (Wildman–Crippen MR) is 50.2 cm³/mol. The molecule has 1 aliphatic heterocycles. The van der Waals surface area contributed by atoms with E-state index in [-0.39, 0.29) is 6.10 Å². The molecule has 1 saturated heterocycles. The number of aliphatic hydroxyl groups is 1. The zero-order chi connectivity index (χ0) is 9.10. The molecule has 0 aromatic carbocycles. The Bertz CT molecular complexity index is 149. The molecule has 1 aliphatic carbocycles. The molecule has 2 aliphatic rings. The summed E-state index contributed by atoms with van der Waals surface area (Å²) in [7, 11) is 0. The van der Waals surface area contributed by atoms with E-state index in [2.05, 4.69) is 5.06 Å². The van der Waals surface area contributed by atoms with E-state index in [4.69, 9.17) is 4.84 Å². The zero-order valence-corrected chi connectivity index (χ0v) is 8.11. The second-order valence-electron chi connectivity index (χ2n) is 4.14. The van der Waals surface area contributed by atoms with Crippen LogP contribution in [0.4, 0.5) is 0 Å². The van der Waals surface area contributed by atoms with Crippen LogP contribution in [0, 0.1) is 0 Å². The summed E-state index contributed by atoms with van der Waals surface area (Å²) in [5.41, 5.74) is 0. The van der Waals surface area contributed by atoms with E-state index in [1.165, 1.54) is 12.8 Å². The van der Waals surface area contributed by atoms with Crippen molar-refractivity contribution in [1.82, 2.24) is 5.06 Å². The molecule has 3 nitrogen and oxygen atoms in total. The normalized spacial score (nSPS) is 37.6. The lowest BCUT2D eigenvalue weighted by atomic mass is 9.93. The van der Waals surface area contributed by atoms with Gasteiger partial charge in [-0.25, -0.2) is 0 Å². The fourth-order valence-electron chi connectivity index (χ4n) is 2.25. The van der Waals surface area contributed by atoms with Crippen molar-refractivity contribution in [3.8, 4) is 0 Å². The first-order valence-corrected chi connectivity index (χ1v) is 5.44. The quantitative estimate of drug-likeness (QED) is 0.668. The van der Waals surface area contributed by atoms with Gasteiger partial charge in [-0.15, -0.1) is 0 Å². The molecule has 1 saturated carbocycles. The minimum absolute atomic E-state index is 0.0546. The number of nitrogens with zero attached hydrogens (tertiary/aromatic N) is 1. The Kier molecular flexibility index (Phi) is 3.19. The minimum atomic E-state index is -0.0546. The van der Waals surface area contributed by atoms with Gasteiger partial charge in [0.1, 0.15) is 0 Å². The van der Waals surface area contributed by atoms with Crippen LogP contribution >= 0.6 is 0 Å². The largest absolute Gasteiger partial charge is 0.393 e. The first-order valence-electron chi connectivity index (χ1n) is 5.44. The SMILES string of the molecule is OC1CCC(N2CCCCO2)CC1. The molecule has 3 heteroatoms. The highest BCUT2D eigenvalue weighted by Crippen LogP contribution is 2.24. The van der Waals surface area contributed by atoms with Gasteiger partial charge in [0.15, 0.2) is 0 Å². The van der Waals surface area contributed by atoms with E-state index in [0.717, 1.165) is 38.8 Å². The first-order chi connectivity index (χ1) is 6.36. The lowest BCUT2D eigenvalue weighted by Gasteiger charge is -2.36. The van der Waals surface area contributed by atoms with Crippen molar-refractivity contribution in [1.29, 1.82) is 0 Å². The summed E-state index contributed by atoms with van der Waals surface area (Å²) in [6.45, 7) is 1.97. The Morgan fingerprint density at radius 3 is 2.46 bits per heavy atom. The van der Waals surface area contributed by atoms with Crippen LogP contribution in [0.1, 0.15) is 38.5 Å². The molecule has 13 heavy (non-hydrogen) atoms. The third kappa shape index (κ3) is 2.42. The maximum absolute atomic E-state index is 9.37. The van der Waals surface area contributed by atoms with E-state index < -0.39 is 0 Å². The van der Waals surface area contributed by atoms with Gasteiger partial charge in [-0.3, -0.25) is 4.84 Å². The highest BCUT2D eigenvalue weighted by molar-refractivity contribution is 4.76. The Labute approximate surface area is 79.6 Å². The molecular formula is C10H19NO2. The van der Waals surface area contributed by atoms with Crippen molar-refractivity contribution < 1.29 is 9.94 Å². The summed E-state index contributed by atoms with van der Waals surface area (Å²) in [4.78, 5) is 5.60. The molecular weight excluding hydrogens is 166 g/mol. The topological polar surface area (TPSA) is 32.7 Å². The molecule has 0 atom stereocenters. The Morgan fingerprint density at radius 1 is 1.08 bits per heavy atom. The van der Waals surface area contributed by atoms with Crippen LogP contribution < -0.4 is 0 Å². The summed E-state index contributed by atoms with van der Waals surface area (Å²) in [5.74, 6) is 0. The Balaban J connectivity index is 1.79. The Hall–Kier alpha value is -0.120. The lowest BCUT2D eigenvalue weighted by Crippen LogP contribution is -2.41. The molecule has 1 N–H and O–H groups in total. The van der Waals surface area contributed by atoms with Crippen LogP contribution in [-0.4, -0.2) is 35.5 Å². The summed E-state index contributed by atoms with van der Waals surface area (Å²) < 4.78 is 0. The van der Waals surface area contributed by atoms with Gasteiger partial charge < -0.3 is 5.11 Å². The van der Waals surface area contributed by atoms with Gasteiger partial charge in [0, 0.05) is 12.6 Å². The number of hydrogen-bond acceptors (Lipinski definition) is 3. The molecule has 0 radical (unpaired) electrons. The smallest absolute Gasteiger partial charge is 0.0685 e. The third-order valence-corrected chi connectivity index (χ3v) is 3.10. The fraction of sp³-hybridized carbons (Fsp3) is 1.00. The lowest BCUT2D eigenvalue weighted by molar-refractivity contribution is -0.213. The van der Waals surface area contributed by atoms with Gasteiger partial charge in [0.25, 0.3) is 0 Å². The van der Waals surface area contributed by atoms with Crippen molar-refractivity contribution in [2.24, 2.45) is 0 Å². The first kappa shape index (κ1) is 9.44. The van der Waals surface area contributed by atoms with Crippen molar-refractivity contribution in [3.05, 3.63) is 0 Å². The predicted octanol–water partition coefficient (Wildman–Crippen LogP) is 1.32. The maximum Gasteiger partial charge on any atom is 0.0685 e. The van der Waals surface area contributed by atoms with Gasteiger partial charge in [-0.2, -0.15) is 5.06 Å². The van der Waals surface area contributed by atoms with E-state index in [0.29, 0.717) is 6.04 Å². The monoisotopic (exact) mass is 185 g/mol. The standard InChI is InChI=1S/C10H19NO2/c12-10-5-3-9(4-6-10)11-7-1-2-8-13-11/h9-10,12H,1-8H2. The summed E-state index contributed by atoms with van der Waals surface area (Å²) in [6, 6.07) is 0.573. The highest BCUT2D eigenvalue weighted by Gasteiger charge is 2.26. The van der Waals surface area contributed by atoms with Crippen molar-refractivity contribution in [3.63, 3.8) is 0 Å². The van der Waals surface area contributed by atoms with Crippen molar-refractivity contribution in [2.45, 2.75) is 50.7 Å². The zero-order valence-electron chi connectivity index (χ0n) is 8.11. The Morgan fingerprint density at radius 2 is 1.85 bits per heavy atom. The third-order valence-electron chi connectivity index (χ3n) is 3.10. The second kappa shape index (κ2) is 4.40. The molecule has 0 spiro atoms. The molecule has 0 aromatic rings. The number of aliphatic hydroxyl groups excluding tert-OH is 1. The van der Waals surface area contributed by atoms with Crippen molar-refractivity contribution >= 4 is 0 Å². The van der Waals surface area contributed by atoms with Crippen LogP contribution in [0.25, 0.3) is 0 Å². The van der Waals surface area contributed by atoms with Gasteiger partial charge in [0.2, 0.25) is 0 Å². The van der Waals surface area contributed by atoms with Crippen molar-refractivity contribution in [2.75, 3.05) is 13.2 Å². The van der Waals surface area contributed by atoms with E-state index >= 15 is 0 Å². The summed E-state index contributed by atoms with van der Waals surface area (Å²) >= 11 is 0. The molecule has 2 rings (SSSR count). The van der Waals surface area contributed by atoms with Crippen LogP contribution in [-0.2, 0) is 4.84 Å². The van der Waals surface area contributed by atoms with Crippen LogP contribution in [0.15, 0.2) is 0 Å². The summed E-state index contributed by atoms with van der Waals surface area (Å²) in [6.07, 6.45) is 6.50. The minimum Gasteiger partial charge on any atom is -0.393 e. The maximum atomic E-state index is 9.37. The highest BCUT2D eigenvalue weighted by atomic mass is 16.7. The van der Waals surface area contributed by atoms with E-state index in [1.54, 1.807) is 0 Å². The molecule has 2 fully saturated rings. The summed E-state index contributed by atoms with van der Waals surface area (Å²) in [5, 5.41) is 11.5.